The zero-order valence-corrected chi connectivity index (χ0v) is 12.2. The van der Waals surface area contributed by atoms with Crippen LogP contribution in [0.25, 0.3) is 0 Å². The lowest BCUT2D eigenvalue weighted by Crippen LogP contribution is -2.39. The van der Waals surface area contributed by atoms with E-state index in [4.69, 9.17) is 9.84 Å². The van der Waals surface area contributed by atoms with E-state index in [1.165, 1.54) is 0 Å². The van der Waals surface area contributed by atoms with Gasteiger partial charge in [0, 0.05) is 12.6 Å². The zero-order valence-electron chi connectivity index (χ0n) is 12.2. The van der Waals surface area contributed by atoms with E-state index in [0.717, 1.165) is 13.0 Å². The van der Waals surface area contributed by atoms with E-state index in [9.17, 15) is 4.79 Å². The van der Waals surface area contributed by atoms with Gasteiger partial charge in [-0.3, -0.25) is 0 Å². The Morgan fingerprint density at radius 3 is 2.33 bits per heavy atom. The van der Waals surface area contributed by atoms with Gasteiger partial charge in [0.15, 0.2) is 0 Å². The molecule has 18 heavy (non-hydrogen) atoms. The van der Waals surface area contributed by atoms with Crippen LogP contribution in [0.5, 0.6) is 0 Å². The van der Waals surface area contributed by atoms with Crippen LogP contribution in [0.4, 0.5) is 4.79 Å². The molecule has 0 spiro atoms. The highest BCUT2D eigenvalue weighted by molar-refractivity contribution is 5.67. The average molecular weight is 260 g/mol. The molecule has 0 bridgehead atoms. The number of ether oxygens (including phenoxy) is 1. The predicted molar refractivity (Wildman–Crippen MR) is 72.6 cm³/mol. The van der Waals surface area contributed by atoms with Gasteiger partial charge in [-0.25, -0.2) is 4.79 Å². The molecule has 0 heterocycles. The monoisotopic (exact) mass is 260 g/mol. The van der Waals surface area contributed by atoms with E-state index in [1.54, 1.807) is 0 Å². The number of carbonyl (C=O) groups excluding carboxylic acids is 1. The molecule has 3 N–H and O–H groups in total. The van der Waals surface area contributed by atoms with Crippen LogP contribution >= 0.6 is 0 Å². The molecule has 1 atom stereocenters. The minimum Gasteiger partial charge on any atom is -0.444 e. The van der Waals surface area contributed by atoms with Gasteiger partial charge in [-0.05, 0) is 39.7 Å². The number of aliphatic hydroxyl groups is 1. The molecular formula is C13H28N2O3. The Bertz CT molecular complexity index is 237. The number of alkyl carbamates (subject to hydrolysis) is 1. The molecule has 0 rings (SSSR count). The number of nitrogens with one attached hydrogen (secondary N) is 2. The van der Waals surface area contributed by atoms with Crippen LogP contribution in [0.1, 0.15) is 41.0 Å². The summed E-state index contributed by atoms with van der Waals surface area (Å²) in [4.78, 5) is 11.3. The van der Waals surface area contributed by atoms with E-state index in [1.807, 2.05) is 20.8 Å². The number of hydrogen-bond donors (Lipinski definition) is 3. The number of rotatable bonds is 7. The maximum Gasteiger partial charge on any atom is 0.407 e. The lowest BCUT2D eigenvalue weighted by molar-refractivity contribution is 0.0527. The molecule has 0 fully saturated rings. The van der Waals surface area contributed by atoms with E-state index < -0.39 is 5.60 Å². The van der Waals surface area contributed by atoms with Crippen molar-refractivity contribution >= 4 is 6.09 Å². The molecule has 0 aliphatic rings. The van der Waals surface area contributed by atoms with E-state index in [0.29, 0.717) is 12.5 Å². The quantitative estimate of drug-likeness (QED) is 0.607. The molecule has 0 aliphatic heterocycles. The van der Waals surface area contributed by atoms with Crippen molar-refractivity contribution in [2.45, 2.75) is 52.7 Å². The SMILES string of the molecule is CC(C)[C@@H](CO)NCCCNC(=O)OC(C)(C)C. The molecule has 0 unspecified atom stereocenters. The molecule has 0 aromatic rings. The van der Waals surface area contributed by atoms with Crippen molar-refractivity contribution in [2.75, 3.05) is 19.7 Å². The van der Waals surface area contributed by atoms with Crippen molar-refractivity contribution < 1.29 is 14.6 Å². The Labute approximate surface area is 110 Å². The summed E-state index contributed by atoms with van der Waals surface area (Å²) in [6.07, 6.45) is 0.424. The van der Waals surface area contributed by atoms with Crippen molar-refractivity contribution in [3.63, 3.8) is 0 Å². The predicted octanol–water partition coefficient (Wildman–Crippen LogP) is 1.51. The second-order valence-electron chi connectivity index (χ2n) is 5.77. The summed E-state index contributed by atoms with van der Waals surface area (Å²) in [5, 5.41) is 15.1. The molecular weight excluding hydrogens is 232 g/mol. The summed E-state index contributed by atoms with van der Waals surface area (Å²) >= 11 is 0. The van der Waals surface area contributed by atoms with E-state index in [2.05, 4.69) is 24.5 Å². The van der Waals surface area contributed by atoms with Crippen molar-refractivity contribution in [1.29, 1.82) is 0 Å². The fraction of sp³-hybridized carbons (Fsp3) is 0.923. The summed E-state index contributed by atoms with van der Waals surface area (Å²) in [7, 11) is 0. The number of carbonyl (C=O) groups is 1. The average Bonchev–Trinajstić information content (AvgIpc) is 2.20. The topological polar surface area (TPSA) is 70.6 Å². The molecule has 5 nitrogen and oxygen atoms in total. The fourth-order valence-electron chi connectivity index (χ4n) is 1.39. The molecule has 0 aliphatic carbocycles. The first kappa shape index (κ1) is 17.2. The van der Waals surface area contributed by atoms with Gasteiger partial charge in [0.1, 0.15) is 5.60 Å². The van der Waals surface area contributed by atoms with Gasteiger partial charge in [0.25, 0.3) is 0 Å². The summed E-state index contributed by atoms with van der Waals surface area (Å²) in [6, 6.07) is 0.117. The van der Waals surface area contributed by atoms with Crippen molar-refractivity contribution in [2.24, 2.45) is 5.92 Å². The van der Waals surface area contributed by atoms with Crippen LogP contribution in [-0.4, -0.2) is 42.5 Å². The largest absolute Gasteiger partial charge is 0.444 e. The molecule has 0 saturated carbocycles. The van der Waals surface area contributed by atoms with Crippen molar-refractivity contribution in [3.8, 4) is 0 Å². The summed E-state index contributed by atoms with van der Waals surface area (Å²) in [5.41, 5.74) is -0.456. The second kappa shape index (κ2) is 8.32. The van der Waals surface area contributed by atoms with Gasteiger partial charge in [-0.15, -0.1) is 0 Å². The first-order chi connectivity index (χ1) is 8.26. The van der Waals surface area contributed by atoms with Crippen LogP contribution in [0, 0.1) is 5.92 Å². The first-order valence-electron chi connectivity index (χ1n) is 6.57. The van der Waals surface area contributed by atoms with Crippen LogP contribution in [0.3, 0.4) is 0 Å². The Hall–Kier alpha value is -0.810. The van der Waals surface area contributed by atoms with Gasteiger partial charge in [-0.1, -0.05) is 13.8 Å². The molecule has 0 aromatic heterocycles. The third-order valence-electron chi connectivity index (χ3n) is 2.43. The highest BCUT2D eigenvalue weighted by atomic mass is 16.6. The summed E-state index contributed by atoms with van der Waals surface area (Å²) in [6.45, 7) is 11.1. The van der Waals surface area contributed by atoms with E-state index in [-0.39, 0.29) is 18.7 Å². The second-order valence-corrected chi connectivity index (χ2v) is 5.77. The maximum absolute atomic E-state index is 11.3. The molecule has 1 amide bonds. The number of aliphatic hydroxyl groups excluding tert-OH is 1. The van der Waals surface area contributed by atoms with Crippen LogP contribution in [0.15, 0.2) is 0 Å². The molecule has 0 radical (unpaired) electrons. The third kappa shape index (κ3) is 9.24. The van der Waals surface area contributed by atoms with Gasteiger partial charge in [-0.2, -0.15) is 0 Å². The Balaban J connectivity index is 3.59. The number of amides is 1. The lowest BCUT2D eigenvalue weighted by Gasteiger charge is -2.21. The highest BCUT2D eigenvalue weighted by Gasteiger charge is 2.15. The molecule has 5 heteroatoms. The molecule has 108 valence electrons. The smallest absolute Gasteiger partial charge is 0.407 e. The van der Waals surface area contributed by atoms with Gasteiger partial charge in [0.05, 0.1) is 6.61 Å². The van der Waals surface area contributed by atoms with Crippen molar-refractivity contribution in [3.05, 3.63) is 0 Å². The number of hydrogen-bond acceptors (Lipinski definition) is 4. The normalized spacial score (nSPS) is 13.5. The fourth-order valence-corrected chi connectivity index (χ4v) is 1.39. The molecule has 0 aromatic carbocycles. The minimum absolute atomic E-state index is 0.117. The van der Waals surface area contributed by atoms with Crippen LogP contribution < -0.4 is 10.6 Å². The van der Waals surface area contributed by atoms with Gasteiger partial charge in [0.2, 0.25) is 0 Å². The Morgan fingerprint density at radius 2 is 1.89 bits per heavy atom. The summed E-state index contributed by atoms with van der Waals surface area (Å²) < 4.78 is 5.11. The minimum atomic E-state index is -0.456. The third-order valence-corrected chi connectivity index (χ3v) is 2.43. The standard InChI is InChI=1S/C13H28N2O3/c1-10(2)11(9-16)14-7-6-8-15-12(17)18-13(3,4)5/h10-11,14,16H,6-9H2,1-5H3,(H,15,17)/t11-/m1/s1. The molecule has 0 saturated heterocycles. The van der Waals surface area contributed by atoms with Crippen molar-refractivity contribution in [1.82, 2.24) is 10.6 Å². The maximum atomic E-state index is 11.3. The lowest BCUT2D eigenvalue weighted by atomic mass is 10.1. The van der Waals surface area contributed by atoms with Gasteiger partial charge >= 0.3 is 6.09 Å². The van der Waals surface area contributed by atoms with Gasteiger partial charge < -0.3 is 20.5 Å². The Morgan fingerprint density at radius 1 is 1.28 bits per heavy atom. The van der Waals surface area contributed by atoms with E-state index >= 15 is 0 Å². The van der Waals surface area contributed by atoms with Crippen LogP contribution in [-0.2, 0) is 4.74 Å². The van der Waals surface area contributed by atoms with Crippen LogP contribution in [0.2, 0.25) is 0 Å². The summed E-state index contributed by atoms with van der Waals surface area (Å²) in [5.74, 6) is 0.397. The highest BCUT2D eigenvalue weighted by Crippen LogP contribution is 2.06. The first-order valence-corrected chi connectivity index (χ1v) is 6.57. The zero-order chi connectivity index (χ0) is 14.2. The Kier molecular flexibility index (Phi) is 7.95.